The molecule has 1 fully saturated rings. The lowest BCUT2D eigenvalue weighted by atomic mass is 9.97. The molecule has 0 aliphatic carbocycles. The normalized spacial score (nSPS) is 16.0. The summed E-state index contributed by atoms with van der Waals surface area (Å²) in [5.41, 5.74) is -1.51. The molecule has 1 aromatic rings. The molecule has 8 heteroatoms. The van der Waals surface area contributed by atoms with E-state index in [1.54, 1.807) is 0 Å². The summed E-state index contributed by atoms with van der Waals surface area (Å²) in [6.07, 6.45) is 1.17. The first-order valence-electron chi connectivity index (χ1n) is 6.47. The Morgan fingerprint density at radius 3 is 2.48 bits per heavy atom. The van der Waals surface area contributed by atoms with Crippen LogP contribution in [0.3, 0.4) is 0 Å². The third-order valence-corrected chi connectivity index (χ3v) is 3.62. The number of amides is 1. The summed E-state index contributed by atoms with van der Waals surface area (Å²) in [6.45, 7) is 0.701. The van der Waals surface area contributed by atoms with Crippen molar-refractivity contribution >= 4 is 11.6 Å². The van der Waals surface area contributed by atoms with Gasteiger partial charge < -0.3 is 10.0 Å². The van der Waals surface area contributed by atoms with Gasteiger partial charge in [0.2, 0.25) is 5.82 Å². The third-order valence-electron chi connectivity index (χ3n) is 3.62. The summed E-state index contributed by atoms with van der Waals surface area (Å²) in [5, 5.41) is 19.5. The van der Waals surface area contributed by atoms with Crippen LogP contribution in [0.15, 0.2) is 12.1 Å². The number of hydrogen-bond acceptors (Lipinski definition) is 4. The van der Waals surface area contributed by atoms with Crippen LogP contribution in [-0.4, -0.2) is 40.5 Å². The van der Waals surface area contributed by atoms with Crippen molar-refractivity contribution in [1.82, 2.24) is 4.90 Å². The summed E-state index contributed by atoms with van der Waals surface area (Å²) in [5.74, 6) is -2.95. The standard InChI is InChI=1S/C13H14F2N2O4/c14-10-6-12(17(20)21)11(15)5-9(10)13(19)16-3-1-8(7-18)2-4-16/h5-6,8,18H,1-4,7H2. The molecule has 1 aromatic carbocycles. The minimum Gasteiger partial charge on any atom is -0.396 e. The van der Waals surface area contributed by atoms with Crippen molar-refractivity contribution in [3.63, 3.8) is 0 Å². The van der Waals surface area contributed by atoms with Crippen molar-refractivity contribution in [1.29, 1.82) is 0 Å². The first-order valence-corrected chi connectivity index (χ1v) is 6.47. The lowest BCUT2D eigenvalue weighted by Gasteiger charge is -2.31. The van der Waals surface area contributed by atoms with E-state index in [9.17, 15) is 23.7 Å². The predicted octanol–water partition coefficient (Wildman–Crippen LogP) is 1.72. The fourth-order valence-electron chi connectivity index (χ4n) is 2.33. The number of aliphatic hydroxyl groups is 1. The van der Waals surface area contributed by atoms with Crippen LogP contribution in [0.1, 0.15) is 23.2 Å². The molecule has 1 amide bonds. The summed E-state index contributed by atoms with van der Waals surface area (Å²) < 4.78 is 27.3. The molecule has 1 aliphatic rings. The van der Waals surface area contributed by atoms with Crippen LogP contribution in [0.2, 0.25) is 0 Å². The number of nitrogens with zero attached hydrogens (tertiary/aromatic N) is 2. The van der Waals surface area contributed by atoms with Gasteiger partial charge in [-0.25, -0.2) is 4.39 Å². The van der Waals surface area contributed by atoms with Crippen LogP contribution in [0, 0.1) is 27.7 Å². The number of piperidine rings is 1. The monoisotopic (exact) mass is 300 g/mol. The summed E-state index contributed by atoms with van der Waals surface area (Å²) in [7, 11) is 0. The van der Waals surface area contributed by atoms with E-state index in [1.165, 1.54) is 4.90 Å². The largest absolute Gasteiger partial charge is 0.396 e. The zero-order chi connectivity index (χ0) is 15.6. The molecule has 114 valence electrons. The van der Waals surface area contributed by atoms with E-state index in [-0.39, 0.29) is 12.5 Å². The van der Waals surface area contributed by atoms with Gasteiger partial charge in [0.25, 0.3) is 5.91 Å². The lowest BCUT2D eigenvalue weighted by molar-refractivity contribution is -0.387. The van der Waals surface area contributed by atoms with Crippen molar-refractivity contribution in [2.24, 2.45) is 5.92 Å². The number of halogens is 2. The number of carbonyl (C=O) groups is 1. The highest BCUT2D eigenvalue weighted by molar-refractivity contribution is 5.94. The highest BCUT2D eigenvalue weighted by Crippen LogP contribution is 2.24. The van der Waals surface area contributed by atoms with Crippen LogP contribution in [0.25, 0.3) is 0 Å². The second-order valence-electron chi connectivity index (χ2n) is 4.96. The molecule has 2 rings (SSSR count). The maximum atomic E-state index is 13.8. The molecule has 0 atom stereocenters. The number of rotatable bonds is 3. The quantitative estimate of drug-likeness (QED) is 0.680. The number of nitro groups is 1. The average molecular weight is 300 g/mol. The third kappa shape index (κ3) is 3.15. The molecule has 0 aromatic heterocycles. The van der Waals surface area contributed by atoms with Gasteiger partial charge in [-0.05, 0) is 24.8 Å². The van der Waals surface area contributed by atoms with Gasteiger partial charge in [0.15, 0.2) is 0 Å². The van der Waals surface area contributed by atoms with E-state index < -0.39 is 33.7 Å². The molecule has 0 unspecified atom stereocenters. The Morgan fingerprint density at radius 1 is 1.33 bits per heavy atom. The predicted molar refractivity (Wildman–Crippen MR) is 68.7 cm³/mol. The molecule has 0 radical (unpaired) electrons. The molecule has 21 heavy (non-hydrogen) atoms. The molecule has 1 N–H and O–H groups in total. The smallest absolute Gasteiger partial charge is 0.307 e. The molecular weight excluding hydrogens is 286 g/mol. The molecule has 0 saturated carbocycles. The van der Waals surface area contributed by atoms with Gasteiger partial charge in [0.05, 0.1) is 16.6 Å². The van der Waals surface area contributed by atoms with Gasteiger partial charge in [-0.1, -0.05) is 0 Å². The minimum atomic E-state index is -1.24. The van der Waals surface area contributed by atoms with Crippen LogP contribution in [-0.2, 0) is 0 Å². The Labute approximate surface area is 119 Å². The van der Waals surface area contributed by atoms with E-state index in [1.807, 2.05) is 0 Å². The molecule has 1 heterocycles. The van der Waals surface area contributed by atoms with E-state index in [2.05, 4.69) is 0 Å². The fourth-order valence-corrected chi connectivity index (χ4v) is 2.33. The molecule has 6 nitrogen and oxygen atoms in total. The molecule has 1 aliphatic heterocycles. The summed E-state index contributed by atoms with van der Waals surface area (Å²) in [4.78, 5) is 23.0. The van der Waals surface area contributed by atoms with Crippen LogP contribution in [0.4, 0.5) is 14.5 Å². The Bertz CT molecular complexity index is 572. The van der Waals surface area contributed by atoms with Gasteiger partial charge in [0.1, 0.15) is 5.82 Å². The maximum absolute atomic E-state index is 13.8. The number of carbonyl (C=O) groups excluding carboxylic acids is 1. The number of benzene rings is 1. The maximum Gasteiger partial charge on any atom is 0.307 e. The summed E-state index contributed by atoms with van der Waals surface area (Å²) >= 11 is 0. The second kappa shape index (κ2) is 6.13. The van der Waals surface area contributed by atoms with E-state index in [0.29, 0.717) is 38.1 Å². The van der Waals surface area contributed by atoms with Gasteiger partial charge in [-0.2, -0.15) is 4.39 Å². The molecule has 1 saturated heterocycles. The zero-order valence-electron chi connectivity index (χ0n) is 11.1. The number of nitro benzene ring substituents is 1. The van der Waals surface area contributed by atoms with Crippen molar-refractivity contribution in [3.05, 3.63) is 39.4 Å². The lowest BCUT2D eigenvalue weighted by Crippen LogP contribution is -2.39. The number of likely N-dealkylation sites (tertiary alicyclic amines) is 1. The molecule has 0 spiro atoms. The van der Waals surface area contributed by atoms with E-state index >= 15 is 0 Å². The minimum absolute atomic E-state index is 0.0303. The average Bonchev–Trinajstić information content (AvgIpc) is 2.48. The first-order chi connectivity index (χ1) is 9.93. The molecule has 0 bridgehead atoms. The van der Waals surface area contributed by atoms with Crippen molar-refractivity contribution in [3.8, 4) is 0 Å². The second-order valence-corrected chi connectivity index (χ2v) is 4.96. The van der Waals surface area contributed by atoms with Crippen molar-refractivity contribution in [2.45, 2.75) is 12.8 Å². The van der Waals surface area contributed by atoms with Gasteiger partial charge in [-0.15, -0.1) is 0 Å². The Balaban J connectivity index is 2.20. The Morgan fingerprint density at radius 2 is 1.95 bits per heavy atom. The van der Waals surface area contributed by atoms with E-state index in [0.717, 1.165) is 0 Å². The van der Waals surface area contributed by atoms with Gasteiger partial charge in [0, 0.05) is 19.7 Å². The van der Waals surface area contributed by atoms with Gasteiger partial charge >= 0.3 is 5.69 Å². The van der Waals surface area contributed by atoms with Crippen molar-refractivity contribution in [2.75, 3.05) is 19.7 Å². The number of hydrogen-bond donors (Lipinski definition) is 1. The van der Waals surface area contributed by atoms with Crippen molar-refractivity contribution < 1.29 is 23.6 Å². The number of aliphatic hydroxyl groups excluding tert-OH is 1. The SMILES string of the molecule is O=C(c1cc(F)c([N+](=O)[O-])cc1F)N1CCC(CO)CC1. The van der Waals surface area contributed by atoms with Crippen LogP contribution in [0.5, 0.6) is 0 Å². The topological polar surface area (TPSA) is 83.7 Å². The van der Waals surface area contributed by atoms with E-state index in [4.69, 9.17) is 5.11 Å². The first kappa shape index (κ1) is 15.3. The van der Waals surface area contributed by atoms with Gasteiger partial charge in [-0.3, -0.25) is 14.9 Å². The highest BCUT2D eigenvalue weighted by Gasteiger charge is 2.27. The zero-order valence-corrected chi connectivity index (χ0v) is 11.1. The van der Waals surface area contributed by atoms with Crippen LogP contribution >= 0.6 is 0 Å². The highest BCUT2D eigenvalue weighted by atomic mass is 19.1. The Kier molecular flexibility index (Phi) is 4.46. The summed E-state index contributed by atoms with van der Waals surface area (Å²) in [6, 6.07) is 0.983. The molecular formula is C13H14F2N2O4. The fraction of sp³-hybridized carbons (Fsp3) is 0.462. The Hall–Kier alpha value is -2.09. The van der Waals surface area contributed by atoms with Crippen LogP contribution < -0.4 is 0 Å².